The molecular formula is C21H18ClN5O2. The fourth-order valence-corrected chi connectivity index (χ4v) is 2.88. The Balaban J connectivity index is 1.45. The molecule has 0 spiro atoms. The number of carbonyl (C=O) groups is 1. The van der Waals surface area contributed by atoms with Gasteiger partial charge in [-0.05, 0) is 42.0 Å². The van der Waals surface area contributed by atoms with E-state index in [1.54, 1.807) is 18.5 Å². The molecule has 8 heteroatoms. The van der Waals surface area contributed by atoms with Gasteiger partial charge in [0.15, 0.2) is 0 Å². The lowest BCUT2D eigenvalue weighted by atomic mass is 10.2. The average molecular weight is 408 g/mol. The molecule has 0 unspecified atom stereocenters. The number of hydrogen-bond acceptors (Lipinski definition) is 5. The fraction of sp³-hybridized carbons (Fsp3) is 0.143. The van der Waals surface area contributed by atoms with Crippen LogP contribution in [0.1, 0.15) is 18.9 Å². The van der Waals surface area contributed by atoms with Gasteiger partial charge >= 0.3 is 0 Å². The molecule has 1 N–H and O–H groups in total. The van der Waals surface area contributed by atoms with Crippen molar-refractivity contribution >= 4 is 23.2 Å². The molecule has 29 heavy (non-hydrogen) atoms. The average Bonchev–Trinajstić information content (AvgIpc) is 3.39. The SMILES string of the molecule is CCC(=O)Nc1ccc(Cn2cnc(-c3nc(-c4ccc(Cl)cc4)no3)c2)cc1. The summed E-state index contributed by atoms with van der Waals surface area (Å²) in [5.41, 5.74) is 3.28. The zero-order valence-electron chi connectivity index (χ0n) is 15.7. The zero-order valence-corrected chi connectivity index (χ0v) is 16.4. The summed E-state index contributed by atoms with van der Waals surface area (Å²) in [6.45, 7) is 2.45. The van der Waals surface area contributed by atoms with Crippen molar-refractivity contribution in [2.24, 2.45) is 0 Å². The lowest BCUT2D eigenvalue weighted by molar-refractivity contribution is -0.115. The van der Waals surface area contributed by atoms with E-state index in [-0.39, 0.29) is 5.91 Å². The van der Waals surface area contributed by atoms with Crippen LogP contribution < -0.4 is 5.32 Å². The predicted molar refractivity (Wildman–Crippen MR) is 110 cm³/mol. The number of nitrogens with one attached hydrogen (secondary N) is 1. The molecule has 4 aromatic rings. The molecular weight excluding hydrogens is 390 g/mol. The van der Waals surface area contributed by atoms with Crippen LogP contribution in [0, 0.1) is 0 Å². The zero-order chi connectivity index (χ0) is 20.2. The van der Waals surface area contributed by atoms with Gasteiger partial charge < -0.3 is 14.4 Å². The molecule has 2 aromatic carbocycles. The molecule has 2 aromatic heterocycles. The van der Waals surface area contributed by atoms with Gasteiger partial charge in [0, 0.05) is 35.4 Å². The first kappa shape index (κ1) is 18.9. The monoisotopic (exact) mass is 407 g/mol. The first-order valence-electron chi connectivity index (χ1n) is 9.11. The molecule has 146 valence electrons. The summed E-state index contributed by atoms with van der Waals surface area (Å²) >= 11 is 5.91. The van der Waals surface area contributed by atoms with E-state index in [4.69, 9.17) is 16.1 Å². The minimum atomic E-state index is -0.00507. The van der Waals surface area contributed by atoms with Crippen LogP contribution in [-0.4, -0.2) is 25.6 Å². The summed E-state index contributed by atoms with van der Waals surface area (Å²) in [5, 5.41) is 7.50. The molecule has 0 fully saturated rings. The number of rotatable bonds is 6. The Labute approximate surface area is 172 Å². The molecule has 2 heterocycles. The molecule has 0 aliphatic rings. The normalized spacial score (nSPS) is 10.8. The van der Waals surface area contributed by atoms with Crippen LogP contribution in [0.25, 0.3) is 23.0 Å². The van der Waals surface area contributed by atoms with Crippen LogP contribution in [0.5, 0.6) is 0 Å². The Morgan fingerprint density at radius 3 is 2.62 bits per heavy atom. The van der Waals surface area contributed by atoms with Crippen molar-refractivity contribution in [3.8, 4) is 23.0 Å². The summed E-state index contributed by atoms with van der Waals surface area (Å²) in [6.07, 6.45) is 4.02. The highest BCUT2D eigenvalue weighted by Gasteiger charge is 2.13. The minimum Gasteiger partial charge on any atom is -0.332 e. The van der Waals surface area contributed by atoms with Gasteiger partial charge in [-0.25, -0.2) is 4.98 Å². The van der Waals surface area contributed by atoms with E-state index in [1.807, 2.05) is 54.1 Å². The second kappa shape index (κ2) is 8.28. The van der Waals surface area contributed by atoms with Crippen molar-refractivity contribution < 1.29 is 9.32 Å². The van der Waals surface area contributed by atoms with Gasteiger partial charge in [-0.15, -0.1) is 0 Å². The Morgan fingerprint density at radius 2 is 1.90 bits per heavy atom. The second-order valence-electron chi connectivity index (χ2n) is 6.46. The van der Waals surface area contributed by atoms with E-state index < -0.39 is 0 Å². The molecule has 0 bridgehead atoms. The maximum absolute atomic E-state index is 11.5. The van der Waals surface area contributed by atoms with Gasteiger partial charge in [-0.1, -0.05) is 35.8 Å². The molecule has 7 nitrogen and oxygen atoms in total. The van der Waals surface area contributed by atoms with Crippen molar-refractivity contribution in [2.75, 3.05) is 5.32 Å². The fourth-order valence-electron chi connectivity index (χ4n) is 2.75. The quantitative estimate of drug-likeness (QED) is 0.502. The molecule has 0 aliphatic carbocycles. The number of halogens is 1. The first-order chi connectivity index (χ1) is 14.1. The van der Waals surface area contributed by atoms with E-state index in [0.29, 0.717) is 35.4 Å². The van der Waals surface area contributed by atoms with Crippen LogP contribution in [0.15, 0.2) is 65.6 Å². The topological polar surface area (TPSA) is 85.8 Å². The van der Waals surface area contributed by atoms with Gasteiger partial charge in [0.2, 0.25) is 11.7 Å². The standard InChI is InChI=1S/C21H18ClN5O2/c1-2-19(28)24-17-9-3-14(4-10-17)11-27-12-18(23-13-27)21-25-20(26-29-21)15-5-7-16(22)8-6-15/h3-10,12-13H,2,11H2,1H3,(H,24,28). The van der Waals surface area contributed by atoms with E-state index in [0.717, 1.165) is 16.8 Å². The maximum atomic E-state index is 11.5. The summed E-state index contributed by atoms with van der Waals surface area (Å²) < 4.78 is 7.28. The molecule has 0 saturated carbocycles. The van der Waals surface area contributed by atoms with Crippen LogP contribution >= 0.6 is 11.6 Å². The van der Waals surface area contributed by atoms with Crippen LogP contribution in [0.4, 0.5) is 5.69 Å². The minimum absolute atomic E-state index is 0.00507. The second-order valence-corrected chi connectivity index (χ2v) is 6.90. The van der Waals surface area contributed by atoms with Crippen molar-refractivity contribution in [1.29, 1.82) is 0 Å². The van der Waals surface area contributed by atoms with Crippen molar-refractivity contribution in [2.45, 2.75) is 19.9 Å². The van der Waals surface area contributed by atoms with Crippen molar-refractivity contribution in [3.05, 3.63) is 71.6 Å². The van der Waals surface area contributed by atoms with Crippen molar-refractivity contribution in [3.63, 3.8) is 0 Å². The smallest absolute Gasteiger partial charge is 0.278 e. The Hall–Kier alpha value is -3.45. The lowest BCUT2D eigenvalue weighted by Gasteiger charge is -2.06. The van der Waals surface area contributed by atoms with Crippen LogP contribution in [0.2, 0.25) is 5.02 Å². The summed E-state index contributed by atoms with van der Waals surface area (Å²) in [6, 6.07) is 14.9. The molecule has 1 amide bonds. The van der Waals surface area contributed by atoms with Gasteiger partial charge in [0.1, 0.15) is 5.69 Å². The number of carbonyl (C=O) groups excluding carboxylic acids is 1. The highest BCUT2D eigenvalue weighted by Crippen LogP contribution is 2.22. The van der Waals surface area contributed by atoms with Crippen molar-refractivity contribution in [1.82, 2.24) is 19.7 Å². The largest absolute Gasteiger partial charge is 0.332 e. The number of benzene rings is 2. The third kappa shape index (κ3) is 4.52. The van der Waals surface area contributed by atoms with E-state index in [1.165, 1.54) is 0 Å². The molecule has 4 rings (SSSR count). The number of aromatic nitrogens is 4. The lowest BCUT2D eigenvalue weighted by Crippen LogP contribution is -2.09. The van der Waals surface area contributed by atoms with E-state index >= 15 is 0 Å². The van der Waals surface area contributed by atoms with Gasteiger partial charge in [0.05, 0.1) is 6.33 Å². The first-order valence-corrected chi connectivity index (χ1v) is 9.49. The van der Waals surface area contributed by atoms with Crippen LogP contribution in [-0.2, 0) is 11.3 Å². The van der Waals surface area contributed by atoms with Gasteiger partial charge in [-0.2, -0.15) is 4.98 Å². The molecule has 0 saturated heterocycles. The van der Waals surface area contributed by atoms with E-state index in [9.17, 15) is 4.79 Å². The summed E-state index contributed by atoms with van der Waals surface area (Å²) in [7, 11) is 0. The molecule has 0 radical (unpaired) electrons. The third-order valence-corrected chi connectivity index (χ3v) is 4.56. The third-order valence-electron chi connectivity index (χ3n) is 4.30. The summed E-state index contributed by atoms with van der Waals surface area (Å²) in [5.74, 6) is 0.830. The maximum Gasteiger partial charge on any atom is 0.278 e. The summed E-state index contributed by atoms with van der Waals surface area (Å²) in [4.78, 5) is 20.2. The number of anilines is 1. The Kier molecular flexibility index (Phi) is 5.39. The predicted octanol–water partition coefficient (Wildman–Crippen LogP) is 4.65. The Morgan fingerprint density at radius 1 is 1.14 bits per heavy atom. The molecule has 0 aliphatic heterocycles. The van der Waals surface area contributed by atoms with Gasteiger partial charge in [-0.3, -0.25) is 4.79 Å². The number of amides is 1. The van der Waals surface area contributed by atoms with Gasteiger partial charge in [0.25, 0.3) is 5.89 Å². The molecule has 0 atom stereocenters. The van der Waals surface area contributed by atoms with Crippen LogP contribution in [0.3, 0.4) is 0 Å². The van der Waals surface area contributed by atoms with E-state index in [2.05, 4.69) is 20.4 Å². The highest BCUT2D eigenvalue weighted by atomic mass is 35.5. The Bertz CT molecular complexity index is 1120. The number of hydrogen-bond donors (Lipinski definition) is 1. The number of imidazole rings is 1. The number of nitrogens with zero attached hydrogens (tertiary/aromatic N) is 4. The highest BCUT2D eigenvalue weighted by molar-refractivity contribution is 6.30.